The molecule has 3 nitrogen and oxygen atoms in total. The second kappa shape index (κ2) is 10.6. The van der Waals surface area contributed by atoms with Gasteiger partial charge in [-0.3, -0.25) is 4.79 Å². The number of likely N-dealkylation sites (N-methyl/N-ethyl adjacent to an activating group) is 1. The van der Waals surface area contributed by atoms with Crippen molar-refractivity contribution in [3.8, 4) is 0 Å². The zero-order valence-electron chi connectivity index (χ0n) is 13.6. The summed E-state index contributed by atoms with van der Waals surface area (Å²) in [5.74, 6) is 0.451. The van der Waals surface area contributed by atoms with Crippen LogP contribution in [0.5, 0.6) is 0 Å². The maximum Gasteiger partial charge on any atom is 0.220 e. The first-order valence-electron chi connectivity index (χ1n) is 7.63. The van der Waals surface area contributed by atoms with Crippen LogP contribution in [-0.4, -0.2) is 25.0 Å². The van der Waals surface area contributed by atoms with Gasteiger partial charge in [-0.2, -0.15) is 0 Å². The molecule has 0 radical (unpaired) electrons. The Bertz CT molecular complexity index is 406. The molecule has 0 aliphatic rings. The topological polar surface area (TPSA) is 41.1 Å². The number of hydrogen-bond donors (Lipinski definition) is 2. The Balaban J connectivity index is 0.00000400. The van der Waals surface area contributed by atoms with Gasteiger partial charge in [0.1, 0.15) is 0 Å². The van der Waals surface area contributed by atoms with Gasteiger partial charge in [-0.05, 0) is 38.3 Å². The minimum absolute atomic E-state index is 0. The zero-order valence-corrected chi connectivity index (χ0v) is 14.4. The lowest BCUT2D eigenvalue weighted by atomic mass is 9.92. The summed E-state index contributed by atoms with van der Waals surface area (Å²) in [4.78, 5) is 12.0. The van der Waals surface area contributed by atoms with Crippen LogP contribution in [0, 0.1) is 6.92 Å². The Morgan fingerprint density at radius 3 is 2.33 bits per heavy atom. The molecular weight excluding hydrogens is 284 g/mol. The van der Waals surface area contributed by atoms with Gasteiger partial charge >= 0.3 is 0 Å². The molecule has 0 spiro atoms. The Hall–Kier alpha value is -1.06. The van der Waals surface area contributed by atoms with Gasteiger partial charge < -0.3 is 10.6 Å². The van der Waals surface area contributed by atoms with Crippen molar-refractivity contribution in [3.63, 3.8) is 0 Å². The summed E-state index contributed by atoms with van der Waals surface area (Å²) in [7, 11) is 0. The molecule has 21 heavy (non-hydrogen) atoms. The Morgan fingerprint density at radius 1 is 1.19 bits per heavy atom. The second-order valence-corrected chi connectivity index (χ2v) is 5.48. The summed E-state index contributed by atoms with van der Waals surface area (Å²) < 4.78 is 0. The number of carbonyl (C=O) groups is 1. The molecule has 120 valence electrons. The van der Waals surface area contributed by atoms with E-state index in [4.69, 9.17) is 0 Å². The van der Waals surface area contributed by atoms with Crippen LogP contribution in [0.25, 0.3) is 0 Å². The number of halogens is 1. The van der Waals surface area contributed by atoms with Crippen LogP contribution in [0.4, 0.5) is 0 Å². The van der Waals surface area contributed by atoms with Gasteiger partial charge in [0.15, 0.2) is 0 Å². The molecular formula is C17H29ClN2O. The molecule has 2 N–H and O–H groups in total. The summed E-state index contributed by atoms with van der Waals surface area (Å²) in [6, 6.07) is 8.82. The van der Waals surface area contributed by atoms with Crippen molar-refractivity contribution in [2.24, 2.45) is 0 Å². The molecule has 0 bridgehead atoms. The number of benzene rings is 1. The zero-order chi connectivity index (χ0) is 15.0. The maximum absolute atomic E-state index is 12.0. The highest BCUT2D eigenvalue weighted by Gasteiger charge is 2.14. The van der Waals surface area contributed by atoms with Crippen LogP contribution in [0.15, 0.2) is 24.3 Å². The van der Waals surface area contributed by atoms with Crippen LogP contribution < -0.4 is 10.6 Å². The number of amides is 1. The van der Waals surface area contributed by atoms with E-state index in [1.54, 1.807) is 0 Å². The maximum atomic E-state index is 12.0. The van der Waals surface area contributed by atoms with Gasteiger partial charge in [-0.25, -0.2) is 0 Å². The molecule has 1 aromatic rings. The molecule has 1 rings (SSSR count). The smallest absolute Gasteiger partial charge is 0.220 e. The van der Waals surface area contributed by atoms with E-state index in [1.807, 2.05) is 0 Å². The van der Waals surface area contributed by atoms with E-state index >= 15 is 0 Å². The molecule has 0 fully saturated rings. The number of aryl methyl sites for hydroxylation is 1. The van der Waals surface area contributed by atoms with Gasteiger partial charge in [0, 0.05) is 19.0 Å². The van der Waals surface area contributed by atoms with Crippen LogP contribution in [0.1, 0.15) is 50.7 Å². The summed E-state index contributed by atoms with van der Waals surface area (Å²) in [6.07, 6.45) is 1.55. The van der Waals surface area contributed by atoms with Gasteiger partial charge in [0.25, 0.3) is 0 Å². The van der Waals surface area contributed by atoms with Gasteiger partial charge in [0.2, 0.25) is 5.91 Å². The largest absolute Gasteiger partial charge is 0.355 e. The third-order valence-electron chi connectivity index (χ3n) is 3.63. The molecule has 4 heteroatoms. The summed E-state index contributed by atoms with van der Waals surface area (Å²) in [5.41, 5.74) is 2.51. The van der Waals surface area contributed by atoms with Crippen molar-refractivity contribution in [1.82, 2.24) is 10.6 Å². The van der Waals surface area contributed by atoms with Crippen molar-refractivity contribution in [1.29, 1.82) is 0 Å². The van der Waals surface area contributed by atoms with Gasteiger partial charge in [-0.1, -0.05) is 43.7 Å². The van der Waals surface area contributed by atoms with Crippen molar-refractivity contribution < 1.29 is 4.79 Å². The lowest BCUT2D eigenvalue weighted by Crippen LogP contribution is -2.39. The highest BCUT2D eigenvalue weighted by atomic mass is 35.5. The van der Waals surface area contributed by atoms with Crippen molar-refractivity contribution in [3.05, 3.63) is 35.4 Å². The van der Waals surface area contributed by atoms with Crippen LogP contribution in [0.3, 0.4) is 0 Å². The standard InChI is InChI=1S/C17H28N2O.ClH/c1-5-15(16-9-7-13(3)8-10-16)11-17(20)19-12-14(4)18-6-2;/h7-10,14-15,18H,5-6,11-12H2,1-4H3,(H,19,20);1H/t14-,15?;/m1./s1. The predicted octanol–water partition coefficient (Wildman–Crippen LogP) is 3.41. The molecule has 0 aliphatic carbocycles. The molecule has 0 aromatic heterocycles. The number of carbonyl (C=O) groups excluding carboxylic acids is 1. The normalized spacial score (nSPS) is 13.1. The average molecular weight is 313 g/mol. The Kier molecular flexibility index (Phi) is 10.1. The van der Waals surface area contributed by atoms with Crippen molar-refractivity contribution in [2.45, 2.75) is 52.5 Å². The first-order chi connectivity index (χ1) is 9.56. The Morgan fingerprint density at radius 2 is 1.81 bits per heavy atom. The van der Waals surface area contributed by atoms with E-state index in [2.05, 4.69) is 62.6 Å². The third-order valence-corrected chi connectivity index (χ3v) is 3.63. The van der Waals surface area contributed by atoms with E-state index in [-0.39, 0.29) is 18.3 Å². The highest BCUT2D eigenvalue weighted by molar-refractivity contribution is 5.85. The SMILES string of the molecule is CCN[C@H](C)CNC(=O)CC(CC)c1ccc(C)cc1.Cl. The average Bonchev–Trinajstić information content (AvgIpc) is 2.44. The van der Waals surface area contributed by atoms with E-state index in [9.17, 15) is 4.79 Å². The number of hydrogen-bond acceptors (Lipinski definition) is 2. The first-order valence-corrected chi connectivity index (χ1v) is 7.63. The van der Waals surface area contributed by atoms with E-state index < -0.39 is 0 Å². The summed E-state index contributed by atoms with van der Waals surface area (Å²) in [6.45, 7) is 10.00. The fraction of sp³-hybridized carbons (Fsp3) is 0.588. The quantitative estimate of drug-likeness (QED) is 0.772. The third kappa shape index (κ3) is 7.49. The van der Waals surface area contributed by atoms with Crippen LogP contribution >= 0.6 is 12.4 Å². The molecule has 0 heterocycles. The fourth-order valence-corrected chi connectivity index (χ4v) is 2.32. The molecule has 0 saturated carbocycles. The van der Waals surface area contributed by atoms with E-state index in [0.717, 1.165) is 13.0 Å². The second-order valence-electron chi connectivity index (χ2n) is 5.48. The summed E-state index contributed by atoms with van der Waals surface area (Å²) >= 11 is 0. The van der Waals surface area contributed by atoms with E-state index in [0.29, 0.717) is 24.9 Å². The minimum Gasteiger partial charge on any atom is -0.355 e. The minimum atomic E-state index is 0. The first kappa shape index (κ1) is 19.9. The molecule has 0 aliphatic heterocycles. The van der Waals surface area contributed by atoms with Crippen LogP contribution in [-0.2, 0) is 4.79 Å². The monoisotopic (exact) mass is 312 g/mol. The lowest BCUT2D eigenvalue weighted by molar-refractivity contribution is -0.121. The molecule has 1 amide bonds. The fourth-order valence-electron chi connectivity index (χ4n) is 2.32. The lowest BCUT2D eigenvalue weighted by Gasteiger charge is -2.17. The molecule has 2 atom stereocenters. The van der Waals surface area contributed by atoms with Crippen molar-refractivity contribution in [2.75, 3.05) is 13.1 Å². The van der Waals surface area contributed by atoms with Gasteiger partial charge in [-0.15, -0.1) is 12.4 Å². The van der Waals surface area contributed by atoms with Crippen molar-refractivity contribution >= 4 is 18.3 Å². The highest BCUT2D eigenvalue weighted by Crippen LogP contribution is 2.23. The Labute approximate surface area is 135 Å². The van der Waals surface area contributed by atoms with Gasteiger partial charge in [0.05, 0.1) is 0 Å². The van der Waals surface area contributed by atoms with E-state index in [1.165, 1.54) is 11.1 Å². The molecule has 1 unspecified atom stereocenters. The van der Waals surface area contributed by atoms with Crippen LogP contribution in [0.2, 0.25) is 0 Å². The molecule has 1 aromatic carbocycles. The predicted molar refractivity (Wildman–Crippen MR) is 92.2 cm³/mol. The molecule has 0 saturated heterocycles. The number of rotatable bonds is 8. The summed E-state index contributed by atoms with van der Waals surface area (Å²) in [5, 5.41) is 6.30. The number of nitrogens with one attached hydrogen (secondary N) is 2.